The Hall–Kier alpha value is -6.31. The van der Waals surface area contributed by atoms with Crippen molar-refractivity contribution in [2.24, 2.45) is 4.99 Å². The molecule has 0 radical (unpaired) electrons. The van der Waals surface area contributed by atoms with Crippen molar-refractivity contribution >= 4 is 34.7 Å². The van der Waals surface area contributed by atoms with Gasteiger partial charge in [-0.3, -0.25) is 0 Å². The van der Waals surface area contributed by atoms with Crippen molar-refractivity contribution in [2.75, 3.05) is 0 Å². The molecule has 0 bridgehead atoms. The van der Waals surface area contributed by atoms with Crippen LogP contribution in [0.15, 0.2) is 187 Å². The van der Waals surface area contributed by atoms with Gasteiger partial charge in [0, 0.05) is 5.57 Å². The number of aryl methyl sites for hydroxylation is 2. The van der Waals surface area contributed by atoms with E-state index in [-0.39, 0.29) is 0 Å². The van der Waals surface area contributed by atoms with Crippen LogP contribution in [0.25, 0.3) is 40.1 Å². The molecule has 1 heteroatoms. The van der Waals surface area contributed by atoms with Gasteiger partial charge in [-0.2, -0.15) is 0 Å². The lowest BCUT2D eigenvalue weighted by Gasteiger charge is -2.15. The quantitative estimate of drug-likeness (QED) is 0.142. The van der Waals surface area contributed by atoms with Gasteiger partial charge in [0.2, 0.25) is 0 Å². The molecule has 0 spiro atoms. The second-order valence-corrected chi connectivity index (χ2v) is 14.5. The maximum Gasteiger partial charge on any atom is 0.0712 e. The minimum atomic E-state index is 0.755. The summed E-state index contributed by atoms with van der Waals surface area (Å²) in [6.07, 6.45) is 26.6. The average Bonchev–Trinajstić information content (AvgIpc) is 3.26. The van der Waals surface area contributed by atoms with Crippen molar-refractivity contribution < 1.29 is 0 Å². The molecule has 0 atom stereocenters. The summed E-state index contributed by atoms with van der Waals surface area (Å²) in [4.78, 5) is 5.03. The van der Waals surface area contributed by atoms with E-state index in [4.69, 9.17) is 4.99 Å². The molecule has 292 valence electrons. The Balaban J connectivity index is 0.000000463. The predicted octanol–water partition coefficient (Wildman–Crippen LogP) is 16.1. The van der Waals surface area contributed by atoms with Crippen LogP contribution in [-0.4, -0.2) is 5.71 Å². The number of rotatable bonds is 9. The summed E-state index contributed by atoms with van der Waals surface area (Å²) in [6.45, 7) is 18.9. The fourth-order valence-corrected chi connectivity index (χ4v) is 7.23. The fraction of sp³-hybridized carbons (Fsp3) is 0.175. The molecule has 5 aromatic rings. The smallest absolute Gasteiger partial charge is 0.0712 e. The van der Waals surface area contributed by atoms with E-state index < -0.39 is 0 Å². The highest BCUT2D eigenvalue weighted by Gasteiger charge is 2.13. The number of nitrogens with zero attached hydrogens (tertiary/aromatic N) is 1. The van der Waals surface area contributed by atoms with Crippen LogP contribution in [-0.2, 0) is 6.42 Å². The van der Waals surface area contributed by atoms with Crippen LogP contribution >= 0.6 is 0 Å². The average molecular weight is 758 g/mol. The van der Waals surface area contributed by atoms with Gasteiger partial charge >= 0.3 is 0 Å². The van der Waals surface area contributed by atoms with E-state index in [9.17, 15) is 0 Å². The van der Waals surface area contributed by atoms with Crippen LogP contribution < -0.4 is 0 Å². The molecule has 0 aliphatic heterocycles. The topological polar surface area (TPSA) is 12.4 Å². The van der Waals surface area contributed by atoms with Crippen molar-refractivity contribution in [2.45, 2.75) is 67.7 Å². The summed E-state index contributed by atoms with van der Waals surface area (Å²) in [5, 5.41) is 0. The standard InChI is InChI=1S/C45H41N.C10H12.C2H6/c1-5-13-38-16-9-10-17-42(38)30-35-28-32(2)29-43(31-35)41-26-22-37(23-27-41)34(4)46-45-19-12-11-18-44(45)33(3)36-20-24-40(25-21-36)39-14-7-6-8-15-39;1-3-6-10-8-5-4-7-9(10)2;1-2/h5-7,9-14,16-29,31H,4,8,15,30H2,1-3H3;3-8H,1-2H3;1-2H3/b13-5-,44-33+,46-45?;6-3-;. The molecular formula is C57H59N. The Kier molecular flexibility index (Phi) is 16.1. The van der Waals surface area contributed by atoms with E-state index >= 15 is 0 Å². The lowest BCUT2D eigenvalue weighted by molar-refractivity contribution is 1.05. The van der Waals surface area contributed by atoms with E-state index in [1.807, 2.05) is 26.8 Å². The van der Waals surface area contributed by atoms with Gasteiger partial charge in [0.05, 0.1) is 11.4 Å². The van der Waals surface area contributed by atoms with Gasteiger partial charge in [0.15, 0.2) is 0 Å². The van der Waals surface area contributed by atoms with Crippen LogP contribution in [0.2, 0.25) is 0 Å². The molecule has 0 aromatic heterocycles. The highest BCUT2D eigenvalue weighted by atomic mass is 14.8. The molecule has 0 heterocycles. The molecule has 7 rings (SSSR count). The van der Waals surface area contributed by atoms with Crippen LogP contribution in [0.5, 0.6) is 0 Å². The summed E-state index contributed by atoms with van der Waals surface area (Å²) >= 11 is 0. The van der Waals surface area contributed by atoms with Gasteiger partial charge in [-0.05, 0) is 127 Å². The van der Waals surface area contributed by atoms with E-state index in [2.05, 4.69) is 210 Å². The molecule has 1 nitrogen and oxygen atoms in total. The van der Waals surface area contributed by atoms with Crippen molar-refractivity contribution in [3.05, 3.63) is 232 Å². The first kappa shape index (κ1) is 42.8. The third-order valence-electron chi connectivity index (χ3n) is 10.3. The molecule has 0 fully saturated rings. The Morgan fingerprint density at radius 2 is 1.31 bits per heavy atom. The summed E-state index contributed by atoms with van der Waals surface area (Å²) in [6, 6.07) is 41.4. The monoisotopic (exact) mass is 757 g/mol. The van der Waals surface area contributed by atoms with Gasteiger partial charge < -0.3 is 0 Å². The summed E-state index contributed by atoms with van der Waals surface area (Å²) in [5.74, 6) is 0. The van der Waals surface area contributed by atoms with Crippen molar-refractivity contribution in [1.82, 2.24) is 0 Å². The van der Waals surface area contributed by atoms with Crippen LogP contribution in [0.1, 0.15) is 97.5 Å². The van der Waals surface area contributed by atoms with Gasteiger partial charge in [-0.1, -0.05) is 202 Å². The highest BCUT2D eigenvalue weighted by molar-refractivity contribution is 6.17. The number of hydrogen-bond acceptors (Lipinski definition) is 1. The van der Waals surface area contributed by atoms with Gasteiger partial charge in [-0.15, -0.1) is 0 Å². The number of allylic oxidation sites excluding steroid dienone is 12. The second-order valence-electron chi connectivity index (χ2n) is 14.5. The Bertz CT molecular complexity index is 2410. The second kappa shape index (κ2) is 21.8. The lowest BCUT2D eigenvalue weighted by atomic mass is 9.92. The number of aliphatic imine (C=N–C) groups is 1. The third kappa shape index (κ3) is 11.6. The van der Waals surface area contributed by atoms with Crippen LogP contribution in [0, 0.1) is 13.8 Å². The minimum Gasteiger partial charge on any atom is -0.248 e. The first-order valence-corrected chi connectivity index (χ1v) is 20.7. The molecule has 0 amide bonds. The molecule has 2 aliphatic rings. The zero-order valence-corrected chi connectivity index (χ0v) is 35.6. The molecule has 2 aliphatic carbocycles. The zero-order chi connectivity index (χ0) is 41.3. The Labute approximate surface area is 349 Å². The first-order valence-electron chi connectivity index (χ1n) is 20.7. The van der Waals surface area contributed by atoms with Crippen molar-refractivity contribution in [1.29, 1.82) is 0 Å². The molecule has 0 N–H and O–H groups in total. The first-order chi connectivity index (χ1) is 28.3. The van der Waals surface area contributed by atoms with Gasteiger partial charge in [0.25, 0.3) is 0 Å². The molecular weight excluding hydrogens is 699 g/mol. The van der Waals surface area contributed by atoms with Crippen molar-refractivity contribution in [3.8, 4) is 11.1 Å². The van der Waals surface area contributed by atoms with E-state index in [1.165, 1.54) is 66.8 Å². The largest absolute Gasteiger partial charge is 0.248 e. The minimum absolute atomic E-state index is 0.755. The molecule has 0 saturated heterocycles. The highest BCUT2D eigenvalue weighted by Crippen LogP contribution is 2.30. The lowest BCUT2D eigenvalue weighted by Crippen LogP contribution is -2.03. The van der Waals surface area contributed by atoms with E-state index in [0.717, 1.165) is 41.8 Å². The number of hydrogen-bond donors (Lipinski definition) is 0. The van der Waals surface area contributed by atoms with Gasteiger partial charge in [0.1, 0.15) is 0 Å². The SMILES string of the molecule is C/C=C\c1ccccc1C.C=C(N=C1C=CC=C/C1=C(/C)c1ccc(C2=CC=CCC2)cc1)c1ccc(-c2cc(C)cc(Cc3ccccc3/C=C\C)c2)cc1.CC. The maximum absolute atomic E-state index is 5.03. The summed E-state index contributed by atoms with van der Waals surface area (Å²) < 4.78 is 0. The Morgan fingerprint density at radius 1 is 0.672 bits per heavy atom. The van der Waals surface area contributed by atoms with E-state index in [0.29, 0.717) is 0 Å². The molecule has 0 saturated carbocycles. The van der Waals surface area contributed by atoms with Crippen molar-refractivity contribution in [3.63, 3.8) is 0 Å². The van der Waals surface area contributed by atoms with Crippen LogP contribution in [0.3, 0.4) is 0 Å². The summed E-state index contributed by atoms with van der Waals surface area (Å²) in [5.41, 5.74) is 19.2. The predicted molar refractivity (Wildman–Crippen MR) is 258 cm³/mol. The van der Waals surface area contributed by atoms with E-state index in [1.54, 1.807) is 0 Å². The normalized spacial score (nSPS) is 14.8. The number of benzene rings is 5. The maximum atomic E-state index is 5.03. The third-order valence-corrected chi connectivity index (χ3v) is 10.3. The van der Waals surface area contributed by atoms with Gasteiger partial charge in [-0.25, -0.2) is 4.99 Å². The fourth-order valence-electron chi connectivity index (χ4n) is 7.23. The Morgan fingerprint density at radius 3 is 2.00 bits per heavy atom. The zero-order valence-electron chi connectivity index (χ0n) is 35.6. The molecule has 5 aromatic carbocycles. The molecule has 58 heavy (non-hydrogen) atoms. The van der Waals surface area contributed by atoms with Crippen LogP contribution in [0.4, 0.5) is 0 Å². The summed E-state index contributed by atoms with van der Waals surface area (Å²) in [7, 11) is 0. The molecule has 0 unspecified atom stereocenters.